The summed E-state index contributed by atoms with van der Waals surface area (Å²) in [6, 6.07) is 21.0. The number of aromatic nitrogens is 2. The Labute approximate surface area is 151 Å². The Morgan fingerprint density at radius 1 is 0.962 bits per heavy atom. The Morgan fingerprint density at radius 3 is 2.54 bits per heavy atom. The molecule has 1 amide bonds. The average Bonchev–Trinajstić information content (AvgIpc) is 2.69. The van der Waals surface area contributed by atoms with E-state index in [1.807, 2.05) is 73.7 Å². The lowest BCUT2D eigenvalue weighted by atomic mass is 10.0. The third-order valence-electron chi connectivity index (χ3n) is 4.23. The number of aryl methyl sites for hydroxylation is 1. The molecule has 4 rings (SSSR count). The van der Waals surface area contributed by atoms with Gasteiger partial charge in [0.05, 0.1) is 16.8 Å². The third-order valence-corrected chi connectivity index (χ3v) is 4.23. The molecule has 2 aromatic heterocycles. The van der Waals surface area contributed by atoms with Crippen LogP contribution in [0, 0.1) is 6.92 Å². The number of pyridine rings is 2. The van der Waals surface area contributed by atoms with Crippen molar-refractivity contribution in [2.75, 3.05) is 5.32 Å². The highest BCUT2D eigenvalue weighted by atomic mass is 16.1. The van der Waals surface area contributed by atoms with Crippen LogP contribution in [0.5, 0.6) is 0 Å². The van der Waals surface area contributed by atoms with E-state index in [1.165, 1.54) is 0 Å². The van der Waals surface area contributed by atoms with Gasteiger partial charge in [-0.25, -0.2) is 4.98 Å². The molecule has 0 aliphatic carbocycles. The van der Waals surface area contributed by atoms with Gasteiger partial charge in [-0.3, -0.25) is 9.78 Å². The summed E-state index contributed by atoms with van der Waals surface area (Å²) in [5, 5.41) is 3.80. The van der Waals surface area contributed by atoms with Crippen LogP contribution >= 0.6 is 0 Å². The first-order chi connectivity index (χ1) is 12.7. The first-order valence-electron chi connectivity index (χ1n) is 8.39. The molecule has 2 heterocycles. The van der Waals surface area contributed by atoms with E-state index in [-0.39, 0.29) is 5.91 Å². The second-order valence-electron chi connectivity index (χ2n) is 6.13. The zero-order valence-electron chi connectivity index (χ0n) is 14.3. The van der Waals surface area contributed by atoms with Crippen molar-refractivity contribution >= 4 is 22.5 Å². The second-order valence-corrected chi connectivity index (χ2v) is 6.13. The molecule has 0 saturated heterocycles. The van der Waals surface area contributed by atoms with Crippen LogP contribution in [-0.4, -0.2) is 15.9 Å². The van der Waals surface area contributed by atoms with Gasteiger partial charge >= 0.3 is 0 Å². The van der Waals surface area contributed by atoms with E-state index in [2.05, 4.69) is 15.3 Å². The number of carbonyl (C=O) groups excluding carboxylic acids is 1. The Bertz CT molecular complexity index is 1070. The van der Waals surface area contributed by atoms with E-state index in [0.29, 0.717) is 5.56 Å². The van der Waals surface area contributed by atoms with Crippen LogP contribution in [0.3, 0.4) is 0 Å². The fraction of sp³-hybridized carbons (Fsp3) is 0.0455. The van der Waals surface area contributed by atoms with E-state index in [1.54, 1.807) is 12.4 Å². The number of hydrogen-bond acceptors (Lipinski definition) is 3. The molecule has 0 aliphatic heterocycles. The number of hydrogen-bond donors (Lipinski definition) is 1. The molecule has 0 spiro atoms. The first kappa shape index (κ1) is 16.0. The van der Waals surface area contributed by atoms with Gasteiger partial charge in [0.1, 0.15) is 0 Å². The molecule has 4 nitrogen and oxygen atoms in total. The number of rotatable bonds is 3. The van der Waals surface area contributed by atoms with Crippen LogP contribution in [0.4, 0.5) is 5.69 Å². The number of benzene rings is 2. The zero-order valence-corrected chi connectivity index (χ0v) is 14.3. The van der Waals surface area contributed by atoms with Gasteiger partial charge in [0.25, 0.3) is 5.91 Å². The highest BCUT2D eigenvalue weighted by molar-refractivity contribution is 6.13. The lowest BCUT2D eigenvalue weighted by molar-refractivity contribution is 0.102. The lowest BCUT2D eigenvalue weighted by Crippen LogP contribution is -2.13. The van der Waals surface area contributed by atoms with E-state index in [9.17, 15) is 4.79 Å². The van der Waals surface area contributed by atoms with Crippen molar-refractivity contribution < 1.29 is 4.79 Å². The highest BCUT2D eigenvalue weighted by Gasteiger charge is 2.14. The maximum absolute atomic E-state index is 12.9. The topological polar surface area (TPSA) is 54.9 Å². The molecular weight excluding hydrogens is 322 g/mol. The van der Waals surface area contributed by atoms with Gasteiger partial charge in [-0.15, -0.1) is 0 Å². The molecule has 0 bridgehead atoms. The Hall–Kier alpha value is -3.53. The number of carbonyl (C=O) groups is 1. The maximum Gasteiger partial charge on any atom is 0.256 e. The van der Waals surface area contributed by atoms with E-state index in [4.69, 9.17) is 0 Å². The monoisotopic (exact) mass is 339 g/mol. The van der Waals surface area contributed by atoms with Gasteiger partial charge in [0.15, 0.2) is 0 Å². The van der Waals surface area contributed by atoms with E-state index < -0.39 is 0 Å². The molecule has 126 valence electrons. The zero-order chi connectivity index (χ0) is 17.9. The van der Waals surface area contributed by atoms with Gasteiger partial charge in [-0.05, 0) is 43.3 Å². The fourth-order valence-corrected chi connectivity index (χ4v) is 2.86. The second kappa shape index (κ2) is 6.76. The summed E-state index contributed by atoms with van der Waals surface area (Å²) in [7, 11) is 0. The number of fused-ring (bicyclic) bond motifs is 1. The molecule has 26 heavy (non-hydrogen) atoms. The van der Waals surface area contributed by atoms with Crippen molar-refractivity contribution in [1.29, 1.82) is 0 Å². The average molecular weight is 339 g/mol. The van der Waals surface area contributed by atoms with Crippen molar-refractivity contribution in [3.63, 3.8) is 0 Å². The molecule has 0 fully saturated rings. The first-order valence-corrected chi connectivity index (χ1v) is 8.39. The fourth-order valence-electron chi connectivity index (χ4n) is 2.86. The standard InChI is InChI=1S/C22H17N3O/c1-15-8-10-17(11-9-15)24-22(26)19-13-21(16-5-4-12-23-14-16)25-20-7-3-2-6-18(19)20/h2-14H,1H3,(H,24,26). The smallest absolute Gasteiger partial charge is 0.256 e. The molecule has 0 atom stereocenters. The minimum absolute atomic E-state index is 0.155. The molecule has 4 aromatic rings. The van der Waals surface area contributed by atoms with E-state index >= 15 is 0 Å². The molecule has 0 unspecified atom stereocenters. The Balaban J connectivity index is 1.79. The van der Waals surface area contributed by atoms with Crippen LogP contribution in [0.2, 0.25) is 0 Å². The Kier molecular flexibility index (Phi) is 4.15. The summed E-state index contributed by atoms with van der Waals surface area (Å²) in [6.45, 7) is 2.02. The summed E-state index contributed by atoms with van der Waals surface area (Å²) in [5.74, 6) is -0.155. The number of para-hydroxylation sites is 1. The van der Waals surface area contributed by atoms with Crippen molar-refractivity contribution in [3.8, 4) is 11.3 Å². The number of amides is 1. The number of anilines is 1. The van der Waals surface area contributed by atoms with Crippen LogP contribution in [-0.2, 0) is 0 Å². The number of nitrogens with zero attached hydrogens (tertiary/aromatic N) is 2. The van der Waals surface area contributed by atoms with Crippen molar-refractivity contribution in [1.82, 2.24) is 9.97 Å². The number of nitrogens with one attached hydrogen (secondary N) is 1. The van der Waals surface area contributed by atoms with E-state index in [0.717, 1.165) is 33.4 Å². The van der Waals surface area contributed by atoms with Crippen LogP contribution in [0.15, 0.2) is 79.1 Å². The van der Waals surface area contributed by atoms with Gasteiger partial charge < -0.3 is 5.32 Å². The lowest BCUT2D eigenvalue weighted by Gasteiger charge is -2.11. The maximum atomic E-state index is 12.9. The molecule has 2 aromatic carbocycles. The molecule has 0 radical (unpaired) electrons. The quantitative estimate of drug-likeness (QED) is 0.580. The highest BCUT2D eigenvalue weighted by Crippen LogP contribution is 2.25. The third kappa shape index (κ3) is 3.17. The largest absolute Gasteiger partial charge is 0.322 e. The Morgan fingerprint density at radius 2 is 1.77 bits per heavy atom. The minimum Gasteiger partial charge on any atom is -0.322 e. The minimum atomic E-state index is -0.155. The normalized spacial score (nSPS) is 10.7. The molecule has 0 aliphatic rings. The molecular formula is C22H17N3O. The van der Waals surface area contributed by atoms with Gasteiger partial charge in [0, 0.05) is 29.0 Å². The van der Waals surface area contributed by atoms with Gasteiger partial charge in [0.2, 0.25) is 0 Å². The van der Waals surface area contributed by atoms with Crippen molar-refractivity contribution in [2.45, 2.75) is 6.92 Å². The molecule has 1 N–H and O–H groups in total. The van der Waals surface area contributed by atoms with Crippen LogP contribution in [0.25, 0.3) is 22.2 Å². The van der Waals surface area contributed by atoms with Crippen LogP contribution in [0.1, 0.15) is 15.9 Å². The summed E-state index contributed by atoms with van der Waals surface area (Å²) in [6.07, 6.45) is 3.47. The van der Waals surface area contributed by atoms with Gasteiger partial charge in [-0.2, -0.15) is 0 Å². The predicted octanol–water partition coefficient (Wildman–Crippen LogP) is 4.86. The summed E-state index contributed by atoms with van der Waals surface area (Å²) in [4.78, 5) is 21.8. The SMILES string of the molecule is Cc1ccc(NC(=O)c2cc(-c3cccnc3)nc3ccccc23)cc1. The summed E-state index contributed by atoms with van der Waals surface area (Å²) < 4.78 is 0. The predicted molar refractivity (Wildman–Crippen MR) is 104 cm³/mol. The summed E-state index contributed by atoms with van der Waals surface area (Å²) >= 11 is 0. The van der Waals surface area contributed by atoms with Crippen molar-refractivity contribution in [2.24, 2.45) is 0 Å². The molecule has 0 saturated carbocycles. The summed E-state index contributed by atoms with van der Waals surface area (Å²) in [5.41, 5.74) is 4.90. The molecule has 4 heteroatoms. The van der Waals surface area contributed by atoms with Gasteiger partial charge in [-0.1, -0.05) is 35.9 Å². The van der Waals surface area contributed by atoms with Crippen LogP contribution < -0.4 is 5.32 Å². The van der Waals surface area contributed by atoms with Crippen molar-refractivity contribution in [3.05, 3.63) is 90.3 Å².